The molecule has 2 aromatic rings. The van der Waals surface area contributed by atoms with Crippen LogP contribution in [-0.2, 0) is 15.0 Å². The second-order valence-corrected chi connectivity index (χ2v) is 8.97. The second-order valence-electron chi connectivity index (χ2n) is 8.97. The Labute approximate surface area is 174 Å². The first-order chi connectivity index (χ1) is 14.1. The lowest BCUT2D eigenvalue weighted by Gasteiger charge is -2.20. The molecule has 2 aliphatic rings. The highest BCUT2D eigenvalue weighted by Gasteiger charge is 2.56. The van der Waals surface area contributed by atoms with Crippen LogP contribution >= 0.6 is 0 Å². The van der Waals surface area contributed by atoms with Crippen LogP contribution in [0.3, 0.4) is 0 Å². The molecule has 10 nitrogen and oxygen atoms in total. The Bertz CT molecular complexity index is 1010. The number of rotatable bonds is 5. The number of anilines is 1. The minimum absolute atomic E-state index is 0.132. The van der Waals surface area contributed by atoms with Gasteiger partial charge in [0.15, 0.2) is 0 Å². The zero-order valence-corrected chi connectivity index (χ0v) is 17.5. The zero-order chi connectivity index (χ0) is 21.7. The predicted octanol–water partition coefficient (Wildman–Crippen LogP) is 1.62. The maximum absolute atomic E-state index is 12.8. The smallest absolute Gasteiger partial charge is 0.323 e. The van der Waals surface area contributed by atoms with Gasteiger partial charge in [-0.05, 0) is 31.7 Å². The number of imide groups is 1. The molecule has 0 aromatic carbocycles. The molecule has 10 heteroatoms. The van der Waals surface area contributed by atoms with Gasteiger partial charge in [0.05, 0.1) is 5.69 Å². The molecule has 0 bridgehead atoms. The Hall–Kier alpha value is -3.30. The second kappa shape index (κ2) is 6.89. The Morgan fingerprint density at radius 3 is 2.53 bits per heavy atom. The summed E-state index contributed by atoms with van der Waals surface area (Å²) in [7, 11) is 0. The fourth-order valence-electron chi connectivity index (χ4n) is 3.51. The van der Waals surface area contributed by atoms with Crippen molar-refractivity contribution in [2.24, 2.45) is 5.92 Å². The Morgan fingerprint density at radius 1 is 1.27 bits per heavy atom. The summed E-state index contributed by atoms with van der Waals surface area (Å²) in [6.07, 6.45) is 4.96. The van der Waals surface area contributed by atoms with E-state index in [1.807, 2.05) is 20.8 Å². The monoisotopic (exact) mass is 411 g/mol. The average molecular weight is 411 g/mol. The van der Waals surface area contributed by atoms with Crippen LogP contribution in [0.25, 0.3) is 5.95 Å². The number of amides is 4. The van der Waals surface area contributed by atoms with Crippen LogP contribution in [0.15, 0.2) is 24.5 Å². The molecule has 4 rings (SSSR count). The first-order valence-electron chi connectivity index (χ1n) is 9.91. The number of hydrogen-bond donors (Lipinski definition) is 2. The standard InChI is InChI=1S/C20H25N7O3/c1-19(2,3)13-10-14(27(25-13)17-21-8-5-9-22-17)23-15(28)11-26-16(29)20(4,12-6-7-12)24-18(26)30/h5,8-10,12H,6-7,11H2,1-4H3,(H,23,28)(H,24,30). The molecule has 158 valence electrons. The predicted molar refractivity (Wildman–Crippen MR) is 108 cm³/mol. The molecule has 1 saturated carbocycles. The lowest BCUT2D eigenvalue weighted by molar-refractivity contribution is -0.134. The van der Waals surface area contributed by atoms with Gasteiger partial charge in [0, 0.05) is 23.9 Å². The van der Waals surface area contributed by atoms with Crippen LogP contribution in [0, 0.1) is 5.92 Å². The quantitative estimate of drug-likeness (QED) is 0.721. The van der Waals surface area contributed by atoms with Gasteiger partial charge in [0.1, 0.15) is 17.9 Å². The summed E-state index contributed by atoms with van der Waals surface area (Å²) in [4.78, 5) is 47.2. The van der Waals surface area contributed by atoms with Gasteiger partial charge in [0.2, 0.25) is 5.91 Å². The number of nitrogens with zero attached hydrogens (tertiary/aromatic N) is 5. The highest BCUT2D eigenvalue weighted by atomic mass is 16.2. The number of aromatic nitrogens is 4. The van der Waals surface area contributed by atoms with E-state index >= 15 is 0 Å². The molecule has 1 unspecified atom stereocenters. The van der Waals surface area contributed by atoms with Crippen LogP contribution in [0.2, 0.25) is 0 Å². The van der Waals surface area contributed by atoms with Gasteiger partial charge in [-0.2, -0.15) is 9.78 Å². The van der Waals surface area contributed by atoms with Crippen molar-refractivity contribution < 1.29 is 14.4 Å². The highest BCUT2D eigenvalue weighted by molar-refractivity contribution is 6.10. The van der Waals surface area contributed by atoms with E-state index in [1.54, 1.807) is 31.5 Å². The first kappa shape index (κ1) is 20.0. The summed E-state index contributed by atoms with van der Waals surface area (Å²) in [6.45, 7) is 7.36. The van der Waals surface area contributed by atoms with Crippen molar-refractivity contribution in [3.8, 4) is 5.95 Å². The third-order valence-corrected chi connectivity index (χ3v) is 5.48. The van der Waals surface area contributed by atoms with Crippen LogP contribution < -0.4 is 10.6 Å². The normalized spacial score (nSPS) is 21.7. The zero-order valence-electron chi connectivity index (χ0n) is 17.5. The van der Waals surface area contributed by atoms with E-state index in [-0.39, 0.29) is 23.8 Å². The molecule has 2 N–H and O–H groups in total. The SMILES string of the molecule is CC(C)(C)c1cc(NC(=O)CN2C(=O)NC(C)(C3CC3)C2=O)n(-c2ncccn2)n1. The van der Waals surface area contributed by atoms with E-state index < -0.39 is 17.5 Å². The summed E-state index contributed by atoms with van der Waals surface area (Å²) in [5.74, 6) is -0.0581. The number of carbonyl (C=O) groups is 3. The fourth-order valence-corrected chi connectivity index (χ4v) is 3.51. The van der Waals surface area contributed by atoms with Crippen molar-refractivity contribution in [1.29, 1.82) is 0 Å². The van der Waals surface area contributed by atoms with Gasteiger partial charge in [0.25, 0.3) is 11.9 Å². The molecular formula is C20H25N7O3. The molecule has 1 saturated heterocycles. The van der Waals surface area contributed by atoms with Crippen molar-refractivity contribution in [1.82, 2.24) is 30.0 Å². The molecule has 3 heterocycles. The maximum atomic E-state index is 12.8. The molecule has 1 aliphatic carbocycles. The number of nitrogens with one attached hydrogen (secondary N) is 2. The summed E-state index contributed by atoms with van der Waals surface area (Å²) < 4.78 is 1.44. The average Bonchev–Trinajstić information content (AvgIpc) is 3.42. The largest absolute Gasteiger partial charge is 0.325 e. The van der Waals surface area contributed by atoms with Gasteiger partial charge in [-0.15, -0.1) is 0 Å². The molecule has 0 radical (unpaired) electrons. The third kappa shape index (κ3) is 3.53. The fraction of sp³-hybridized carbons (Fsp3) is 0.500. The third-order valence-electron chi connectivity index (χ3n) is 5.48. The highest BCUT2D eigenvalue weighted by Crippen LogP contribution is 2.42. The van der Waals surface area contributed by atoms with Crippen molar-refractivity contribution in [2.45, 2.75) is 51.5 Å². The van der Waals surface area contributed by atoms with Gasteiger partial charge in [-0.3, -0.25) is 14.5 Å². The number of urea groups is 1. The van der Waals surface area contributed by atoms with E-state index in [0.717, 1.165) is 23.4 Å². The van der Waals surface area contributed by atoms with Crippen molar-refractivity contribution in [3.05, 3.63) is 30.2 Å². The van der Waals surface area contributed by atoms with E-state index in [0.29, 0.717) is 11.8 Å². The molecule has 1 aliphatic heterocycles. The number of hydrogen-bond acceptors (Lipinski definition) is 6. The molecule has 4 amide bonds. The lowest BCUT2D eigenvalue weighted by Crippen LogP contribution is -2.46. The molecular weight excluding hydrogens is 386 g/mol. The molecule has 0 spiro atoms. The summed E-state index contributed by atoms with van der Waals surface area (Å²) >= 11 is 0. The van der Waals surface area contributed by atoms with E-state index in [1.165, 1.54) is 4.68 Å². The topological polar surface area (TPSA) is 122 Å². The Kier molecular flexibility index (Phi) is 4.59. The molecule has 30 heavy (non-hydrogen) atoms. The summed E-state index contributed by atoms with van der Waals surface area (Å²) in [5, 5.41) is 10.0. The molecule has 2 fully saturated rings. The van der Waals surface area contributed by atoms with Crippen LogP contribution in [0.5, 0.6) is 0 Å². The van der Waals surface area contributed by atoms with Gasteiger partial charge in [-0.25, -0.2) is 14.8 Å². The van der Waals surface area contributed by atoms with Crippen molar-refractivity contribution >= 4 is 23.7 Å². The van der Waals surface area contributed by atoms with E-state index in [4.69, 9.17) is 0 Å². The van der Waals surface area contributed by atoms with Crippen LogP contribution in [-0.4, -0.2) is 54.6 Å². The first-order valence-corrected chi connectivity index (χ1v) is 9.91. The molecule has 1 atom stereocenters. The van der Waals surface area contributed by atoms with Gasteiger partial charge in [-0.1, -0.05) is 20.8 Å². The molecule has 2 aromatic heterocycles. The van der Waals surface area contributed by atoms with E-state index in [2.05, 4.69) is 25.7 Å². The Morgan fingerprint density at radius 2 is 1.93 bits per heavy atom. The number of carbonyl (C=O) groups excluding carboxylic acids is 3. The summed E-state index contributed by atoms with van der Waals surface area (Å²) in [6, 6.07) is 2.89. The minimum Gasteiger partial charge on any atom is -0.323 e. The maximum Gasteiger partial charge on any atom is 0.325 e. The van der Waals surface area contributed by atoms with Gasteiger partial charge >= 0.3 is 6.03 Å². The van der Waals surface area contributed by atoms with Crippen LogP contribution in [0.4, 0.5) is 10.6 Å². The van der Waals surface area contributed by atoms with Crippen LogP contribution in [0.1, 0.15) is 46.2 Å². The van der Waals surface area contributed by atoms with Gasteiger partial charge < -0.3 is 10.6 Å². The Balaban J connectivity index is 1.55. The summed E-state index contributed by atoms with van der Waals surface area (Å²) in [5.41, 5.74) is -0.450. The van der Waals surface area contributed by atoms with E-state index in [9.17, 15) is 14.4 Å². The van der Waals surface area contributed by atoms with Crippen molar-refractivity contribution in [2.75, 3.05) is 11.9 Å². The van der Waals surface area contributed by atoms with Crippen molar-refractivity contribution in [3.63, 3.8) is 0 Å². The minimum atomic E-state index is -0.920. The lowest BCUT2D eigenvalue weighted by atomic mass is 9.92.